The van der Waals surface area contributed by atoms with Crippen molar-refractivity contribution in [3.63, 3.8) is 0 Å². The minimum Gasteiger partial charge on any atom is -0.444 e. The van der Waals surface area contributed by atoms with E-state index in [1.807, 2.05) is 0 Å². The summed E-state index contributed by atoms with van der Waals surface area (Å²) in [6.07, 6.45) is 1.40. The fourth-order valence-electron chi connectivity index (χ4n) is 1.01. The number of aldehydes is 1. The Morgan fingerprint density at radius 2 is 2.29 bits per heavy atom. The van der Waals surface area contributed by atoms with Crippen molar-refractivity contribution >= 4 is 35.3 Å². The Morgan fingerprint density at radius 1 is 1.65 bits per heavy atom. The molecule has 0 fully saturated rings. The summed E-state index contributed by atoms with van der Waals surface area (Å²) < 4.78 is 5.36. The predicted octanol–water partition coefficient (Wildman–Crippen LogP) is 2.56. The van der Waals surface area contributed by atoms with Gasteiger partial charge >= 0.3 is 6.09 Å². The smallest absolute Gasteiger partial charge is 0.408 e. The number of thiazole rings is 1. The van der Waals surface area contributed by atoms with Gasteiger partial charge in [0, 0.05) is 6.20 Å². The van der Waals surface area contributed by atoms with Crippen molar-refractivity contribution < 1.29 is 14.3 Å². The first-order valence-electron chi connectivity index (χ1n) is 4.88. The first kappa shape index (κ1) is 13.9. The molecule has 1 N–H and O–H groups in total. The summed E-state index contributed by atoms with van der Waals surface area (Å²) >= 11 is 6.79. The molecule has 5 nitrogen and oxygen atoms in total. The van der Waals surface area contributed by atoms with Crippen LogP contribution in [0.2, 0.25) is 4.47 Å². The monoisotopic (exact) mass is 276 g/mol. The molecule has 0 spiro atoms. The Morgan fingerprint density at radius 3 is 2.71 bits per heavy atom. The van der Waals surface area contributed by atoms with E-state index < -0.39 is 17.7 Å². The average molecular weight is 277 g/mol. The van der Waals surface area contributed by atoms with Gasteiger partial charge in [-0.25, -0.2) is 9.78 Å². The van der Waals surface area contributed by atoms with Crippen molar-refractivity contribution in [3.05, 3.63) is 15.5 Å². The lowest BCUT2D eigenvalue weighted by Crippen LogP contribution is -2.35. The highest BCUT2D eigenvalue weighted by atomic mass is 35.5. The third-order valence-corrected chi connectivity index (χ3v) is 2.81. The highest BCUT2D eigenvalue weighted by Gasteiger charge is 2.21. The van der Waals surface area contributed by atoms with Gasteiger partial charge in [-0.1, -0.05) is 11.6 Å². The van der Waals surface area contributed by atoms with E-state index in [2.05, 4.69) is 10.3 Å². The van der Waals surface area contributed by atoms with Crippen LogP contribution in [0.5, 0.6) is 0 Å². The van der Waals surface area contributed by atoms with E-state index in [4.69, 9.17) is 16.3 Å². The topological polar surface area (TPSA) is 68.3 Å². The van der Waals surface area contributed by atoms with E-state index in [9.17, 15) is 9.59 Å². The van der Waals surface area contributed by atoms with E-state index in [0.717, 1.165) is 11.3 Å². The van der Waals surface area contributed by atoms with Gasteiger partial charge in [0.15, 0.2) is 4.47 Å². The summed E-state index contributed by atoms with van der Waals surface area (Å²) in [4.78, 5) is 26.7. The highest BCUT2D eigenvalue weighted by Crippen LogP contribution is 2.23. The molecule has 1 aromatic rings. The molecule has 1 heterocycles. The number of alkyl carbamates (subject to hydrolysis) is 1. The molecule has 0 bridgehead atoms. The molecule has 17 heavy (non-hydrogen) atoms. The molecule has 1 aromatic heterocycles. The number of amides is 1. The molecule has 0 radical (unpaired) electrons. The Balaban J connectivity index is 2.65. The van der Waals surface area contributed by atoms with Crippen LogP contribution in [0.15, 0.2) is 6.20 Å². The van der Waals surface area contributed by atoms with Crippen LogP contribution in [-0.4, -0.2) is 23.0 Å². The van der Waals surface area contributed by atoms with E-state index in [1.165, 1.54) is 6.20 Å². The SMILES string of the molecule is CC(C)(C)OC(=O)NC(C=O)c1cnc(Cl)s1. The molecule has 94 valence electrons. The zero-order valence-corrected chi connectivity index (χ0v) is 11.3. The second-order valence-electron chi connectivity index (χ2n) is 4.28. The van der Waals surface area contributed by atoms with Crippen LogP contribution in [0, 0.1) is 0 Å². The minimum atomic E-state index is -0.783. The normalized spacial score (nSPS) is 12.9. The predicted molar refractivity (Wildman–Crippen MR) is 65.3 cm³/mol. The zero-order valence-electron chi connectivity index (χ0n) is 9.69. The third-order valence-electron chi connectivity index (χ3n) is 1.61. The van der Waals surface area contributed by atoms with Crippen LogP contribution in [0.4, 0.5) is 4.79 Å². The third kappa shape index (κ3) is 4.70. The molecule has 0 aromatic carbocycles. The summed E-state index contributed by atoms with van der Waals surface area (Å²) in [5, 5.41) is 2.44. The number of halogens is 1. The van der Waals surface area contributed by atoms with Crippen molar-refractivity contribution in [2.75, 3.05) is 0 Å². The van der Waals surface area contributed by atoms with Gasteiger partial charge in [0.05, 0.1) is 4.88 Å². The van der Waals surface area contributed by atoms with Crippen LogP contribution >= 0.6 is 22.9 Å². The molecule has 1 rings (SSSR count). The largest absolute Gasteiger partial charge is 0.444 e. The average Bonchev–Trinajstić information content (AvgIpc) is 2.58. The molecular weight excluding hydrogens is 264 g/mol. The molecule has 0 aliphatic heterocycles. The quantitative estimate of drug-likeness (QED) is 0.862. The Hall–Kier alpha value is -1.14. The number of ether oxygens (including phenoxy) is 1. The molecule has 0 aliphatic rings. The van der Waals surface area contributed by atoms with Crippen LogP contribution in [0.25, 0.3) is 0 Å². The number of hydrogen-bond acceptors (Lipinski definition) is 5. The fraction of sp³-hybridized carbons (Fsp3) is 0.500. The number of nitrogens with zero attached hydrogens (tertiary/aromatic N) is 1. The van der Waals surface area contributed by atoms with Crippen LogP contribution < -0.4 is 5.32 Å². The summed E-state index contributed by atoms with van der Waals surface area (Å²) in [5.74, 6) is 0. The van der Waals surface area contributed by atoms with Gasteiger partial charge in [0.2, 0.25) is 0 Å². The van der Waals surface area contributed by atoms with Gasteiger partial charge in [0.25, 0.3) is 0 Å². The first-order chi connectivity index (χ1) is 7.81. The Bertz CT molecular complexity index is 414. The maximum absolute atomic E-state index is 11.5. The summed E-state index contributed by atoms with van der Waals surface area (Å²) in [7, 11) is 0. The molecule has 1 unspecified atom stereocenters. The maximum Gasteiger partial charge on any atom is 0.408 e. The lowest BCUT2D eigenvalue weighted by molar-refractivity contribution is -0.109. The molecule has 7 heteroatoms. The highest BCUT2D eigenvalue weighted by molar-refractivity contribution is 7.15. The van der Waals surface area contributed by atoms with Crippen LogP contribution in [0.1, 0.15) is 31.7 Å². The standard InChI is InChI=1S/C10H13ClN2O3S/c1-10(2,3)16-9(15)13-6(5-14)7-4-12-8(11)17-7/h4-6H,1-3H3,(H,13,15). The minimum absolute atomic E-state index is 0.317. The van der Waals surface area contributed by atoms with Crippen molar-refractivity contribution in [2.24, 2.45) is 0 Å². The molecule has 0 aliphatic carbocycles. The number of carbonyl (C=O) groups excluding carboxylic acids is 2. The molecule has 1 atom stereocenters. The number of nitrogens with one attached hydrogen (secondary N) is 1. The number of aromatic nitrogens is 1. The lowest BCUT2D eigenvalue weighted by atomic mass is 10.2. The number of hydrogen-bond donors (Lipinski definition) is 1. The Labute approximate surface area is 108 Å². The molecule has 1 amide bonds. The fourth-order valence-corrected chi connectivity index (χ4v) is 1.98. The zero-order chi connectivity index (χ0) is 13.1. The molecular formula is C10H13ClN2O3S. The summed E-state index contributed by atoms with van der Waals surface area (Å²) in [6, 6.07) is -0.783. The van der Waals surface area contributed by atoms with Crippen molar-refractivity contribution in [3.8, 4) is 0 Å². The number of rotatable bonds is 3. The van der Waals surface area contributed by atoms with Crippen molar-refractivity contribution in [1.82, 2.24) is 10.3 Å². The van der Waals surface area contributed by atoms with Crippen LogP contribution in [0.3, 0.4) is 0 Å². The maximum atomic E-state index is 11.5. The lowest BCUT2D eigenvalue weighted by Gasteiger charge is -2.21. The van der Waals surface area contributed by atoms with Crippen molar-refractivity contribution in [1.29, 1.82) is 0 Å². The van der Waals surface area contributed by atoms with Gasteiger partial charge in [0.1, 0.15) is 17.9 Å². The van der Waals surface area contributed by atoms with Gasteiger partial charge in [-0.05, 0) is 20.8 Å². The van der Waals surface area contributed by atoms with Crippen molar-refractivity contribution in [2.45, 2.75) is 32.4 Å². The number of carbonyl (C=O) groups is 2. The van der Waals surface area contributed by atoms with E-state index in [1.54, 1.807) is 20.8 Å². The second-order valence-corrected chi connectivity index (χ2v) is 5.92. The van der Waals surface area contributed by atoms with Gasteiger partial charge in [-0.3, -0.25) is 0 Å². The van der Waals surface area contributed by atoms with Gasteiger partial charge < -0.3 is 14.8 Å². The van der Waals surface area contributed by atoms with Gasteiger partial charge in [-0.15, -0.1) is 11.3 Å². The van der Waals surface area contributed by atoms with E-state index >= 15 is 0 Å². The summed E-state index contributed by atoms with van der Waals surface area (Å²) in [6.45, 7) is 5.23. The second kappa shape index (κ2) is 5.46. The van der Waals surface area contributed by atoms with Gasteiger partial charge in [-0.2, -0.15) is 0 Å². The first-order valence-corrected chi connectivity index (χ1v) is 6.07. The van der Waals surface area contributed by atoms with E-state index in [-0.39, 0.29) is 0 Å². The Kier molecular flexibility index (Phi) is 4.47. The molecule has 0 saturated carbocycles. The van der Waals surface area contributed by atoms with E-state index in [0.29, 0.717) is 15.6 Å². The van der Waals surface area contributed by atoms with Crippen LogP contribution in [-0.2, 0) is 9.53 Å². The molecule has 0 saturated heterocycles. The summed E-state index contributed by atoms with van der Waals surface area (Å²) in [5.41, 5.74) is -0.608.